The normalized spacial score (nSPS) is 14.8. The van der Waals surface area contributed by atoms with Crippen molar-refractivity contribution in [2.75, 3.05) is 0 Å². The Hall–Kier alpha value is -2.95. The van der Waals surface area contributed by atoms with Crippen LogP contribution in [0.25, 0.3) is 5.69 Å². The quantitative estimate of drug-likeness (QED) is 0.725. The van der Waals surface area contributed by atoms with Crippen LogP contribution in [0.3, 0.4) is 0 Å². The van der Waals surface area contributed by atoms with Gasteiger partial charge in [-0.25, -0.2) is 9.07 Å². The van der Waals surface area contributed by atoms with E-state index in [1.54, 1.807) is 25.1 Å². The lowest BCUT2D eigenvalue weighted by Gasteiger charge is -2.19. The van der Waals surface area contributed by atoms with Crippen molar-refractivity contribution < 1.29 is 9.18 Å². The molecular formula is C22H22FN3O. The Morgan fingerprint density at radius 3 is 2.52 bits per heavy atom. The predicted octanol–water partition coefficient (Wildman–Crippen LogP) is 4.51. The molecule has 1 heterocycles. The second-order valence-electron chi connectivity index (χ2n) is 7.21. The average Bonchev–Trinajstić information content (AvgIpc) is 3.43. The van der Waals surface area contributed by atoms with Crippen molar-refractivity contribution in [2.24, 2.45) is 5.92 Å². The van der Waals surface area contributed by atoms with Crippen LogP contribution in [0.5, 0.6) is 0 Å². The molecule has 1 aliphatic carbocycles. The Kier molecular flexibility index (Phi) is 4.52. The number of amides is 1. The predicted molar refractivity (Wildman–Crippen MR) is 102 cm³/mol. The highest BCUT2D eigenvalue weighted by molar-refractivity contribution is 5.95. The van der Waals surface area contributed by atoms with Gasteiger partial charge in [-0.2, -0.15) is 5.10 Å². The fourth-order valence-corrected chi connectivity index (χ4v) is 3.39. The maximum absolute atomic E-state index is 14.1. The highest BCUT2D eigenvalue weighted by Crippen LogP contribution is 2.41. The highest BCUT2D eigenvalue weighted by atomic mass is 19.1. The van der Waals surface area contributed by atoms with E-state index < -0.39 is 0 Å². The number of halogens is 1. The molecule has 0 radical (unpaired) electrons. The van der Waals surface area contributed by atoms with Gasteiger partial charge in [-0.15, -0.1) is 0 Å². The van der Waals surface area contributed by atoms with Crippen LogP contribution in [0.1, 0.15) is 46.1 Å². The zero-order valence-electron chi connectivity index (χ0n) is 15.4. The van der Waals surface area contributed by atoms with Crippen molar-refractivity contribution in [3.63, 3.8) is 0 Å². The van der Waals surface area contributed by atoms with Crippen LogP contribution in [0.2, 0.25) is 0 Å². The summed E-state index contributed by atoms with van der Waals surface area (Å²) in [6.45, 7) is 3.83. The zero-order valence-corrected chi connectivity index (χ0v) is 15.4. The Morgan fingerprint density at radius 2 is 1.85 bits per heavy atom. The lowest BCUT2D eigenvalue weighted by Crippen LogP contribution is -2.30. The molecule has 27 heavy (non-hydrogen) atoms. The van der Waals surface area contributed by atoms with Gasteiger partial charge in [-0.05, 0) is 50.3 Å². The van der Waals surface area contributed by atoms with Gasteiger partial charge in [0.05, 0.1) is 23.5 Å². The SMILES string of the molecule is Cc1ccc(C(NC(=O)c2cnn(-c3ccccc3F)c2C)C2CC2)cc1. The molecule has 0 spiro atoms. The van der Waals surface area contributed by atoms with E-state index in [1.807, 2.05) is 0 Å². The van der Waals surface area contributed by atoms with Crippen LogP contribution in [0.15, 0.2) is 54.7 Å². The van der Waals surface area contributed by atoms with Gasteiger partial charge in [0.1, 0.15) is 11.5 Å². The van der Waals surface area contributed by atoms with E-state index >= 15 is 0 Å². The zero-order chi connectivity index (χ0) is 19.0. The summed E-state index contributed by atoms with van der Waals surface area (Å²) in [5, 5.41) is 7.40. The molecule has 0 aliphatic heterocycles. The van der Waals surface area contributed by atoms with Crippen LogP contribution in [0.4, 0.5) is 4.39 Å². The molecule has 1 amide bonds. The third kappa shape index (κ3) is 3.50. The molecule has 4 nitrogen and oxygen atoms in total. The molecule has 138 valence electrons. The number of hydrogen-bond acceptors (Lipinski definition) is 2. The van der Waals surface area contributed by atoms with Crippen LogP contribution in [-0.2, 0) is 0 Å². The van der Waals surface area contributed by atoms with Crippen molar-refractivity contribution in [1.29, 1.82) is 0 Å². The molecule has 1 aliphatic rings. The summed E-state index contributed by atoms with van der Waals surface area (Å²) in [6.07, 6.45) is 3.74. The smallest absolute Gasteiger partial charge is 0.255 e. The second kappa shape index (κ2) is 6.99. The summed E-state index contributed by atoms with van der Waals surface area (Å²) in [7, 11) is 0. The highest BCUT2D eigenvalue weighted by Gasteiger charge is 2.34. The van der Waals surface area contributed by atoms with Crippen LogP contribution in [-0.4, -0.2) is 15.7 Å². The van der Waals surface area contributed by atoms with Gasteiger partial charge in [0.15, 0.2) is 0 Å². The summed E-state index contributed by atoms with van der Waals surface area (Å²) < 4.78 is 15.6. The largest absolute Gasteiger partial charge is 0.345 e. The monoisotopic (exact) mass is 363 g/mol. The molecule has 1 saturated carbocycles. The number of benzene rings is 2. The second-order valence-corrected chi connectivity index (χ2v) is 7.21. The van der Waals surface area contributed by atoms with Crippen molar-refractivity contribution in [3.8, 4) is 5.69 Å². The van der Waals surface area contributed by atoms with E-state index in [4.69, 9.17) is 0 Å². The van der Waals surface area contributed by atoms with Crippen molar-refractivity contribution in [1.82, 2.24) is 15.1 Å². The minimum absolute atomic E-state index is 0.00527. The maximum Gasteiger partial charge on any atom is 0.255 e. The molecule has 2 aromatic carbocycles. The number of carbonyl (C=O) groups excluding carboxylic acids is 1. The minimum atomic E-state index is -0.369. The summed E-state index contributed by atoms with van der Waals surface area (Å²) in [5.74, 6) is -0.0719. The van der Waals surface area contributed by atoms with Gasteiger partial charge < -0.3 is 5.32 Å². The third-order valence-electron chi connectivity index (χ3n) is 5.15. The van der Waals surface area contributed by atoms with E-state index in [1.165, 1.54) is 22.5 Å². The molecule has 1 aromatic heterocycles. The molecule has 1 atom stereocenters. The topological polar surface area (TPSA) is 46.9 Å². The van der Waals surface area contributed by atoms with E-state index in [0.717, 1.165) is 18.4 Å². The number of aromatic nitrogens is 2. The average molecular weight is 363 g/mol. The third-order valence-corrected chi connectivity index (χ3v) is 5.15. The summed E-state index contributed by atoms with van der Waals surface area (Å²) in [6, 6.07) is 14.7. The molecule has 4 rings (SSSR count). The molecular weight excluding hydrogens is 341 g/mol. The Balaban J connectivity index is 1.59. The number of aryl methyl sites for hydroxylation is 1. The molecule has 1 fully saturated rings. The molecule has 5 heteroatoms. The van der Waals surface area contributed by atoms with Gasteiger partial charge in [0.25, 0.3) is 5.91 Å². The molecule has 1 unspecified atom stereocenters. The minimum Gasteiger partial charge on any atom is -0.345 e. The Morgan fingerprint density at radius 1 is 1.15 bits per heavy atom. The first-order valence-corrected chi connectivity index (χ1v) is 9.21. The Labute approximate surface area is 158 Å². The van der Waals surface area contributed by atoms with Crippen molar-refractivity contribution >= 4 is 5.91 Å². The number of rotatable bonds is 5. The van der Waals surface area contributed by atoms with Gasteiger partial charge in [0.2, 0.25) is 0 Å². The summed E-state index contributed by atoms with van der Waals surface area (Å²) in [4.78, 5) is 12.9. The fourth-order valence-electron chi connectivity index (χ4n) is 3.39. The van der Waals surface area contributed by atoms with E-state index in [0.29, 0.717) is 22.9 Å². The van der Waals surface area contributed by atoms with Crippen LogP contribution in [0, 0.1) is 25.6 Å². The first-order chi connectivity index (χ1) is 13.0. The molecule has 3 aromatic rings. The standard InChI is InChI=1S/C22H22FN3O/c1-14-7-9-16(10-8-14)21(17-11-12-17)25-22(27)18-13-24-26(15(18)2)20-6-4-3-5-19(20)23/h3-10,13,17,21H,11-12H2,1-2H3,(H,25,27). The molecule has 1 N–H and O–H groups in total. The van der Waals surface area contributed by atoms with Gasteiger partial charge in [-0.1, -0.05) is 42.0 Å². The lowest BCUT2D eigenvalue weighted by atomic mass is 10.0. The Bertz CT molecular complexity index is 973. The van der Waals surface area contributed by atoms with Crippen LogP contribution < -0.4 is 5.32 Å². The van der Waals surface area contributed by atoms with Gasteiger partial charge in [0, 0.05) is 0 Å². The number of nitrogens with one attached hydrogen (secondary N) is 1. The van der Waals surface area contributed by atoms with E-state index in [9.17, 15) is 9.18 Å². The van der Waals surface area contributed by atoms with E-state index in [2.05, 4.69) is 41.6 Å². The first kappa shape index (κ1) is 17.5. The van der Waals surface area contributed by atoms with Crippen molar-refractivity contribution in [3.05, 3.63) is 82.9 Å². The summed E-state index contributed by atoms with van der Waals surface area (Å²) >= 11 is 0. The fraction of sp³-hybridized carbons (Fsp3) is 0.273. The number of hydrogen-bond donors (Lipinski definition) is 1. The molecule has 0 saturated heterocycles. The van der Waals surface area contributed by atoms with Gasteiger partial charge >= 0.3 is 0 Å². The number of carbonyl (C=O) groups is 1. The number of para-hydroxylation sites is 1. The first-order valence-electron chi connectivity index (χ1n) is 9.21. The van der Waals surface area contributed by atoms with Gasteiger partial charge in [-0.3, -0.25) is 4.79 Å². The summed E-state index contributed by atoms with van der Waals surface area (Å²) in [5.41, 5.74) is 3.75. The maximum atomic E-state index is 14.1. The van der Waals surface area contributed by atoms with E-state index in [-0.39, 0.29) is 17.8 Å². The van der Waals surface area contributed by atoms with Crippen molar-refractivity contribution in [2.45, 2.75) is 32.7 Å². The molecule has 0 bridgehead atoms. The lowest BCUT2D eigenvalue weighted by molar-refractivity contribution is 0.0931. The van der Waals surface area contributed by atoms with Crippen LogP contribution >= 0.6 is 0 Å². The number of nitrogens with zero attached hydrogens (tertiary/aromatic N) is 2.